The van der Waals surface area contributed by atoms with E-state index in [-0.39, 0.29) is 5.54 Å². The molecule has 2 heteroatoms. The summed E-state index contributed by atoms with van der Waals surface area (Å²) in [5.41, 5.74) is 1.50. The van der Waals surface area contributed by atoms with Gasteiger partial charge in [-0.25, -0.2) is 0 Å². The highest BCUT2D eigenvalue weighted by atomic mass is 127. The lowest BCUT2D eigenvalue weighted by Crippen LogP contribution is -2.20. The lowest BCUT2D eigenvalue weighted by atomic mass is 10.1. The molecule has 0 amide bonds. The van der Waals surface area contributed by atoms with Crippen molar-refractivity contribution in [3.05, 3.63) is 34.0 Å². The van der Waals surface area contributed by atoms with Crippen molar-refractivity contribution >= 4 is 33.5 Å². The summed E-state index contributed by atoms with van der Waals surface area (Å²) in [5, 5.41) is 1.33. The van der Waals surface area contributed by atoms with E-state index in [4.69, 9.17) is 0 Å². The normalized spacial score (nSPS) is 12.3. The van der Waals surface area contributed by atoms with Gasteiger partial charge in [-0.2, -0.15) is 0 Å². The second-order valence-electron chi connectivity index (χ2n) is 4.53. The van der Waals surface area contributed by atoms with E-state index in [9.17, 15) is 0 Å². The smallest absolute Gasteiger partial charge is 0.0620 e. The van der Waals surface area contributed by atoms with Crippen molar-refractivity contribution in [3.8, 4) is 0 Å². The SMILES string of the molecule is CC(C)(C)n1ccc2cccc(I)c21. The fraction of sp³-hybridized carbons (Fsp3) is 0.333. The Bertz CT molecular complexity index is 463. The maximum Gasteiger partial charge on any atom is 0.0620 e. The van der Waals surface area contributed by atoms with Gasteiger partial charge in [-0.1, -0.05) is 12.1 Å². The van der Waals surface area contributed by atoms with Crippen molar-refractivity contribution in [1.82, 2.24) is 4.57 Å². The molecule has 0 fully saturated rings. The third-order valence-corrected chi connectivity index (χ3v) is 3.26. The molecule has 0 aliphatic carbocycles. The van der Waals surface area contributed by atoms with Crippen molar-refractivity contribution in [2.24, 2.45) is 0 Å². The van der Waals surface area contributed by atoms with Gasteiger partial charge in [-0.3, -0.25) is 0 Å². The Morgan fingerprint density at radius 1 is 1.14 bits per heavy atom. The summed E-state index contributed by atoms with van der Waals surface area (Å²) in [6, 6.07) is 8.62. The van der Waals surface area contributed by atoms with Crippen LogP contribution < -0.4 is 0 Å². The Morgan fingerprint density at radius 3 is 2.50 bits per heavy atom. The van der Waals surface area contributed by atoms with Crippen molar-refractivity contribution in [3.63, 3.8) is 0 Å². The molecule has 74 valence electrons. The van der Waals surface area contributed by atoms with Crippen LogP contribution in [0.1, 0.15) is 20.8 Å². The molecule has 0 bridgehead atoms. The molecule has 2 rings (SSSR count). The van der Waals surface area contributed by atoms with Crippen LogP contribution in [0, 0.1) is 3.57 Å². The van der Waals surface area contributed by atoms with Crippen LogP contribution in [0.4, 0.5) is 0 Å². The van der Waals surface area contributed by atoms with E-state index < -0.39 is 0 Å². The van der Waals surface area contributed by atoms with Gasteiger partial charge in [0.15, 0.2) is 0 Å². The number of aromatic nitrogens is 1. The van der Waals surface area contributed by atoms with Gasteiger partial charge in [0.05, 0.1) is 5.52 Å². The van der Waals surface area contributed by atoms with E-state index >= 15 is 0 Å². The molecule has 1 aromatic heterocycles. The first kappa shape index (κ1) is 10.0. The number of hydrogen-bond acceptors (Lipinski definition) is 0. The quantitative estimate of drug-likeness (QED) is 0.648. The Morgan fingerprint density at radius 2 is 1.86 bits per heavy atom. The molecule has 0 spiro atoms. The molecule has 0 unspecified atom stereocenters. The maximum absolute atomic E-state index is 2.40. The highest BCUT2D eigenvalue weighted by Gasteiger charge is 2.15. The van der Waals surface area contributed by atoms with Crippen LogP contribution in [0.2, 0.25) is 0 Å². The first-order valence-corrected chi connectivity index (χ1v) is 5.84. The second kappa shape index (κ2) is 3.26. The summed E-state index contributed by atoms with van der Waals surface area (Å²) in [6.45, 7) is 6.69. The topological polar surface area (TPSA) is 4.93 Å². The molecule has 1 nitrogen and oxygen atoms in total. The van der Waals surface area contributed by atoms with Gasteiger partial charge in [-0.15, -0.1) is 0 Å². The molecule has 0 atom stereocenters. The predicted molar refractivity (Wildman–Crippen MR) is 69.7 cm³/mol. The van der Waals surface area contributed by atoms with Crippen LogP contribution in [0.25, 0.3) is 10.9 Å². The van der Waals surface area contributed by atoms with E-state index in [0.29, 0.717) is 0 Å². The molecule has 0 saturated carbocycles. The average Bonchev–Trinajstić information content (AvgIpc) is 2.47. The molecule has 0 aliphatic rings. The van der Waals surface area contributed by atoms with Crippen molar-refractivity contribution in [2.45, 2.75) is 26.3 Å². The zero-order valence-electron chi connectivity index (χ0n) is 8.71. The fourth-order valence-corrected chi connectivity index (χ4v) is 2.49. The summed E-state index contributed by atoms with van der Waals surface area (Å²) in [5.74, 6) is 0. The number of hydrogen-bond donors (Lipinski definition) is 0. The zero-order valence-corrected chi connectivity index (χ0v) is 10.9. The van der Waals surface area contributed by atoms with Gasteiger partial charge < -0.3 is 4.57 Å². The summed E-state index contributed by atoms with van der Waals surface area (Å²) in [4.78, 5) is 0. The van der Waals surface area contributed by atoms with Gasteiger partial charge in [0, 0.05) is 20.7 Å². The monoisotopic (exact) mass is 299 g/mol. The molecule has 0 N–H and O–H groups in total. The van der Waals surface area contributed by atoms with Crippen LogP contribution >= 0.6 is 22.6 Å². The fourth-order valence-electron chi connectivity index (χ4n) is 1.71. The molecule has 0 saturated heterocycles. The van der Waals surface area contributed by atoms with E-state index in [1.807, 2.05) is 0 Å². The van der Waals surface area contributed by atoms with Gasteiger partial charge in [-0.05, 0) is 55.5 Å². The van der Waals surface area contributed by atoms with Gasteiger partial charge >= 0.3 is 0 Å². The van der Waals surface area contributed by atoms with Crippen LogP contribution in [-0.2, 0) is 5.54 Å². The van der Waals surface area contributed by atoms with Crippen molar-refractivity contribution < 1.29 is 0 Å². The van der Waals surface area contributed by atoms with Gasteiger partial charge in [0.2, 0.25) is 0 Å². The zero-order chi connectivity index (χ0) is 10.3. The minimum Gasteiger partial charge on any atom is -0.341 e. The summed E-state index contributed by atoms with van der Waals surface area (Å²) in [7, 11) is 0. The molecule has 2 aromatic rings. The molecule has 1 heterocycles. The molecule has 14 heavy (non-hydrogen) atoms. The number of benzene rings is 1. The first-order chi connectivity index (χ1) is 6.50. The highest BCUT2D eigenvalue weighted by Crippen LogP contribution is 2.27. The minimum atomic E-state index is 0.156. The van der Waals surface area contributed by atoms with Crippen LogP contribution in [0.5, 0.6) is 0 Å². The lowest BCUT2D eigenvalue weighted by molar-refractivity contribution is 0.410. The summed E-state index contributed by atoms with van der Waals surface area (Å²) >= 11 is 2.40. The molecular weight excluding hydrogens is 285 g/mol. The predicted octanol–water partition coefficient (Wildman–Crippen LogP) is 4.00. The van der Waals surface area contributed by atoms with Crippen LogP contribution in [0.15, 0.2) is 30.5 Å². The van der Waals surface area contributed by atoms with E-state index in [2.05, 4.69) is 78.4 Å². The Kier molecular flexibility index (Phi) is 2.33. The number of fused-ring (bicyclic) bond motifs is 1. The van der Waals surface area contributed by atoms with Crippen LogP contribution in [-0.4, -0.2) is 4.57 Å². The van der Waals surface area contributed by atoms with E-state index in [1.54, 1.807) is 0 Å². The lowest BCUT2D eigenvalue weighted by Gasteiger charge is -2.23. The summed E-state index contributed by atoms with van der Waals surface area (Å²) in [6.07, 6.45) is 2.17. The highest BCUT2D eigenvalue weighted by molar-refractivity contribution is 14.1. The van der Waals surface area contributed by atoms with Crippen LogP contribution in [0.3, 0.4) is 0 Å². The number of rotatable bonds is 0. The Hall–Kier alpha value is -0.510. The van der Waals surface area contributed by atoms with Crippen molar-refractivity contribution in [2.75, 3.05) is 0 Å². The number of para-hydroxylation sites is 1. The largest absolute Gasteiger partial charge is 0.341 e. The Labute approximate surface area is 98.3 Å². The molecule has 0 radical (unpaired) electrons. The van der Waals surface area contributed by atoms with E-state index in [0.717, 1.165) is 0 Å². The average molecular weight is 299 g/mol. The number of nitrogens with zero attached hydrogens (tertiary/aromatic N) is 1. The van der Waals surface area contributed by atoms with Gasteiger partial charge in [0.25, 0.3) is 0 Å². The third kappa shape index (κ3) is 1.56. The van der Waals surface area contributed by atoms with Gasteiger partial charge in [0.1, 0.15) is 0 Å². The first-order valence-electron chi connectivity index (χ1n) is 4.76. The summed E-state index contributed by atoms with van der Waals surface area (Å²) < 4.78 is 3.66. The molecular formula is C12H14IN. The molecule has 1 aromatic carbocycles. The molecule has 0 aliphatic heterocycles. The maximum atomic E-state index is 2.40. The number of halogens is 1. The third-order valence-electron chi connectivity index (χ3n) is 2.38. The Balaban J connectivity index is 2.80. The van der Waals surface area contributed by atoms with Crippen molar-refractivity contribution in [1.29, 1.82) is 0 Å². The minimum absolute atomic E-state index is 0.156. The second-order valence-corrected chi connectivity index (χ2v) is 5.70. The van der Waals surface area contributed by atoms with E-state index in [1.165, 1.54) is 14.5 Å². The standard InChI is InChI=1S/C12H14IN/c1-12(2,3)14-8-7-9-5-4-6-10(13)11(9)14/h4-8H,1-3H3.